The Morgan fingerprint density at radius 3 is 2.70 bits per heavy atom. The van der Waals surface area contributed by atoms with Gasteiger partial charge in [-0.05, 0) is 26.8 Å². The number of aliphatic imine (C=N–C) groups is 1. The molecule has 120 valence electrons. The highest BCUT2D eigenvalue weighted by atomic mass is 16.6. The summed E-state index contributed by atoms with van der Waals surface area (Å²) in [5.41, 5.74) is 0.753. The van der Waals surface area contributed by atoms with Crippen molar-refractivity contribution in [3.8, 4) is 12.3 Å². The maximum absolute atomic E-state index is 12.4. The summed E-state index contributed by atoms with van der Waals surface area (Å²) in [6.45, 7) is 5.13. The first kappa shape index (κ1) is 16.6. The molecule has 6 nitrogen and oxygen atoms in total. The van der Waals surface area contributed by atoms with Crippen LogP contribution in [0, 0.1) is 12.3 Å². The van der Waals surface area contributed by atoms with Crippen molar-refractivity contribution in [1.82, 2.24) is 5.32 Å². The van der Waals surface area contributed by atoms with E-state index in [4.69, 9.17) is 15.9 Å². The van der Waals surface area contributed by atoms with Gasteiger partial charge in [-0.15, -0.1) is 6.42 Å². The number of esters is 1. The highest BCUT2D eigenvalue weighted by molar-refractivity contribution is 6.40. The van der Waals surface area contributed by atoms with Gasteiger partial charge in [0.05, 0.1) is 5.69 Å². The number of terminal acetylenes is 1. The van der Waals surface area contributed by atoms with Crippen molar-refractivity contribution in [3.63, 3.8) is 0 Å². The summed E-state index contributed by atoms with van der Waals surface area (Å²) < 4.78 is 10.2. The van der Waals surface area contributed by atoms with E-state index in [2.05, 4.69) is 16.2 Å². The van der Waals surface area contributed by atoms with Crippen molar-refractivity contribution in [2.24, 2.45) is 4.99 Å². The molecule has 0 aromatic heterocycles. The van der Waals surface area contributed by atoms with E-state index in [-0.39, 0.29) is 12.3 Å². The number of rotatable bonds is 3. The number of para-hydroxylation sites is 1. The van der Waals surface area contributed by atoms with Crippen LogP contribution in [0.5, 0.6) is 0 Å². The zero-order valence-electron chi connectivity index (χ0n) is 13.3. The third kappa shape index (κ3) is 4.10. The van der Waals surface area contributed by atoms with Crippen LogP contribution in [0.25, 0.3) is 0 Å². The average molecular weight is 314 g/mol. The minimum atomic E-state index is -0.730. The number of carbonyl (C=O) groups excluding carboxylic acids is 2. The Kier molecular flexibility index (Phi) is 4.70. The molecular weight excluding hydrogens is 296 g/mol. The number of ether oxygens (including phenoxy) is 2. The second-order valence-corrected chi connectivity index (χ2v) is 5.92. The highest BCUT2D eigenvalue weighted by Gasteiger charge is 2.35. The fourth-order valence-corrected chi connectivity index (χ4v) is 2.08. The van der Waals surface area contributed by atoms with Gasteiger partial charge in [-0.2, -0.15) is 0 Å². The fraction of sp³-hybridized carbons (Fsp3) is 0.353. The number of hydrogen-bond acceptors (Lipinski definition) is 5. The Morgan fingerprint density at radius 1 is 1.35 bits per heavy atom. The summed E-state index contributed by atoms with van der Waals surface area (Å²) in [4.78, 5) is 28.4. The molecule has 0 fully saturated rings. The lowest BCUT2D eigenvalue weighted by molar-refractivity contribution is -0.146. The van der Waals surface area contributed by atoms with Gasteiger partial charge in [-0.25, -0.2) is 14.6 Å². The minimum Gasteiger partial charge on any atom is -0.455 e. The van der Waals surface area contributed by atoms with E-state index in [1.54, 1.807) is 45.0 Å². The van der Waals surface area contributed by atoms with Crippen molar-refractivity contribution in [1.29, 1.82) is 0 Å². The number of nitrogens with one attached hydrogen (secondary N) is 1. The SMILES string of the molecule is C#CCOC(=O)NC1C(C(=O)OC(C)(C)C)=Nc2ccccc21. The molecule has 1 unspecified atom stereocenters. The number of fused-ring (bicyclic) bond motifs is 1. The first-order valence-electron chi connectivity index (χ1n) is 7.09. The molecule has 1 amide bonds. The molecule has 0 spiro atoms. The lowest BCUT2D eigenvalue weighted by Gasteiger charge is -2.21. The van der Waals surface area contributed by atoms with Crippen LogP contribution in [0.4, 0.5) is 10.5 Å². The molecule has 0 aliphatic carbocycles. The molecule has 0 saturated heterocycles. The van der Waals surface area contributed by atoms with Crippen LogP contribution in [-0.4, -0.2) is 30.0 Å². The van der Waals surface area contributed by atoms with Crippen molar-refractivity contribution in [2.45, 2.75) is 32.4 Å². The minimum absolute atomic E-state index is 0.110. The third-order valence-corrected chi connectivity index (χ3v) is 2.92. The summed E-state index contributed by atoms with van der Waals surface area (Å²) in [6, 6.07) is 6.41. The van der Waals surface area contributed by atoms with E-state index in [1.807, 2.05) is 0 Å². The average Bonchev–Trinajstić information content (AvgIpc) is 2.82. The van der Waals surface area contributed by atoms with Crippen LogP contribution >= 0.6 is 0 Å². The Morgan fingerprint density at radius 2 is 2.04 bits per heavy atom. The smallest absolute Gasteiger partial charge is 0.408 e. The highest BCUT2D eigenvalue weighted by Crippen LogP contribution is 2.34. The van der Waals surface area contributed by atoms with E-state index in [0.717, 1.165) is 0 Å². The Bertz CT molecular complexity index is 695. The topological polar surface area (TPSA) is 77.0 Å². The van der Waals surface area contributed by atoms with Crippen LogP contribution < -0.4 is 5.32 Å². The maximum Gasteiger partial charge on any atom is 0.408 e. The van der Waals surface area contributed by atoms with Gasteiger partial charge in [0.2, 0.25) is 0 Å². The molecule has 1 N–H and O–H groups in total. The van der Waals surface area contributed by atoms with E-state index < -0.39 is 23.7 Å². The number of amides is 1. The molecular formula is C17H18N2O4. The summed E-state index contributed by atoms with van der Waals surface area (Å²) in [7, 11) is 0. The molecule has 1 heterocycles. The third-order valence-electron chi connectivity index (χ3n) is 2.92. The van der Waals surface area contributed by atoms with Gasteiger partial charge in [0.1, 0.15) is 11.6 Å². The van der Waals surface area contributed by atoms with Crippen LogP contribution in [0.2, 0.25) is 0 Å². The lowest BCUT2D eigenvalue weighted by Crippen LogP contribution is -2.38. The van der Waals surface area contributed by atoms with Crippen LogP contribution in [0.15, 0.2) is 29.3 Å². The first-order valence-corrected chi connectivity index (χ1v) is 7.09. The van der Waals surface area contributed by atoms with Gasteiger partial charge >= 0.3 is 12.1 Å². The Hall–Kier alpha value is -2.81. The molecule has 0 radical (unpaired) electrons. The van der Waals surface area contributed by atoms with Crippen molar-refractivity contribution in [2.75, 3.05) is 6.61 Å². The second-order valence-electron chi connectivity index (χ2n) is 5.92. The largest absolute Gasteiger partial charge is 0.455 e. The molecule has 2 rings (SSSR count). The molecule has 1 aromatic carbocycles. The van der Waals surface area contributed by atoms with E-state index >= 15 is 0 Å². The van der Waals surface area contributed by atoms with Crippen LogP contribution in [0.1, 0.15) is 32.4 Å². The normalized spacial score (nSPS) is 15.9. The summed E-state index contributed by atoms with van der Waals surface area (Å²) in [5, 5.41) is 2.60. The summed E-state index contributed by atoms with van der Waals surface area (Å²) >= 11 is 0. The zero-order chi connectivity index (χ0) is 17.0. The van der Waals surface area contributed by atoms with E-state index in [9.17, 15) is 9.59 Å². The van der Waals surface area contributed by atoms with Crippen LogP contribution in [-0.2, 0) is 14.3 Å². The number of carbonyl (C=O) groups is 2. The quantitative estimate of drug-likeness (QED) is 0.687. The molecule has 6 heteroatoms. The van der Waals surface area contributed by atoms with Gasteiger partial charge in [0.25, 0.3) is 0 Å². The molecule has 1 aromatic rings. The molecule has 0 bridgehead atoms. The van der Waals surface area contributed by atoms with E-state index in [0.29, 0.717) is 11.3 Å². The van der Waals surface area contributed by atoms with Gasteiger partial charge in [-0.3, -0.25) is 0 Å². The predicted octanol–water partition coefficient (Wildman–Crippen LogP) is 2.51. The molecule has 1 atom stereocenters. The number of alkyl carbamates (subject to hydrolysis) is 1. The maximum atomic E-state index is 12.4. The fourth-order valence-electron chi connectivity index (χ4n) is 2.08. The number of nitrogens with zero attached hydrogens (tertiary/aromatic N) is 1. The standard InChI is InChI=1S/C17H18N2O4/c1-5-10-22-16(21)19-13-11-8-6-7-9-12(11)18-14(13)15(20)23-17(2,3)4/h1,6-9,13H,10H2,2-4H3,(H,19,21). The monoisotopic (exact) mass is 314 g/mol. The number of benzene rings is 1. The Labute approximate surface area is 134 Å². The predicted molar refractivity (Wildman–Crippen MR) is 85.4 cm³/mol. The molecule has 1 aliphatic rings. The first-order chi connectivity index (χ1) is 10.8. The van der Waals surface area contributed by atoms with Gasteiger partial charge < -0.3 is 14.8 Å². The van der Waals surface area contributed by atoms with Crippen molar-refractivity contribution in [3.05, 3.63) is 29.8 Å². The molecule has 23 heavy (non-hydrogen) atoms. The van der Waals surface area contributed by atoms with Gasteiger partial charge in [0.15, 0.2) is 12.3 Å². The van der Waals surface area contributed by atoms with E-state index in [1.165, 1.54) is 0 Å². The summed E-state index contributed by atoms with van der Waals surface area (Å²) in [5.74, 6) is 1.62. The number of hydrogen-bond donors (Lipinski definition) is 1. The van der Waals surface area contributed by atoms with Gasteiger partial charge in [0, 0.05) is 5.56 Å². The zero-order valence-corrected chi connectivity index (χ0v) is 13.3. The molecule has 1 aliphatic heterocycles. The van der Waals surface area contributed by atoms with Crippen molar-refractivity contribution < 1.29 is 19.1 Å². The van der Waals surface area contributed by atoms with Crippen molar-refractivity contribution >= 4 is 23.5 Å². The Balaban J connectivity index is 2.24. The lowest BCUT2D eigenvalue weighted by atomic mass is 10.0. The summed E-state index contributed by atoms with van der Waals surface area (Å²) in [6.07, 6.45) is 4.33. The van der Waals surface area contributed by atoms with Gasteiger partial charge in [-0.1, -0.05) is 24.1 Å². The van der Waals surface area contributed by atoms with Crippen LogP contribution in [0.3, 0.4) is 0 Å². The molecule has 0 saturated carbocycles. The second kappa shape index (κ2) is 6.53.